The van der Waals surface area contributed by atoms with Gasteiger partial charge in [0, 0.05) is 29.9 Å². The molecule has 0 aliphatic carbocycles. The van der Waals surface area contributed by atoms with E-state index in [9.17, 15) is 0 Å². The fraction of sp³-hybridized carbons (Fsp3) is 1.00. The molecule has 92 valence electrons. The van der Waals surface area contributed by atoms with Crippen LogP contribution in [-0.2, 0) is 0 Å². The molecule has 0 aromatic rings. The molecule has 3 saturated heterocycles. The van der Waals surface area contributed by atoms with E-state index < -0.39 is 0 Å². The summed E-state index contributed by atoms with van der Waals surface area (Å²) in [5, 5.41) is 4.80. The highest BCUT2D eigenvalue weighted by Crippen LogP contribution is 2.31. The molecule has 0 aromatic carbocycles. The van der Waals surface area contributed by atoms with Crippen molar-refractivity contribution in [1.29, 1.82) is 0 Å². The van der Waals surface area contributed by atoms with Gasteiger partial charge in [-0.25, -0.2) is 0 Å². The lowest BCUT2D eigenvalue weighted by atomic mass is 9.98. The van der Waals surface area contributed by atoms with Crippen molar-refractivity contribution in [3.8, 4) is 0 Å². The number of piperidine rings is 1. The summed E-state index contributed by atoms with van der Waals surface area (Å²) >= 11 is 2.14. The lowest BCUT2D eigenvalue weighted by molar-refractivity contribution is 0.176. The van der Waals surface area contributed by atoms with Crippen LogP contribution in [0, 0.1) is 0 Å². The van der Waals surface area contributed by atoms with Gasteiger partial charge in [0.25, 0.3) is 0 Å². The van der Waals surface area contributed by atoms with Gasteiger partial charge in [-0.05, 0) is 38.0 Å². The summed E-state index contributed by atoms with van der Waals surface area (Å²) in [5.74, 6) is 1.36. The number of hydrogen-bond donors (Lipinski definition) is 1. The van der Waals surface area contributed by atoms with Crippen molar-refractivity contribution < 1.29 is 0 Å². The van der Waals surface area contributed by atoms with Gasteiger partial charge in [-0.1, -0.05) is 13.3 Å². The predicted molar refractivity (Wildman–Crippen MR) is 71.1 cm³/mol. The van der Waals surface area contributed by atoms with E-state index in [4.69, 9.17) is 0 Å². The Balaban J connectivity index is 1.58. The molecule has 3 heterocycles. The Labute approximate surface area is 104 Å². The molecule has 0 saturated carbocycles. The molecule has 3 heteroatoms. The molecule has 0 aromatic heterocycles. The number of fused-ring (bicyclic) bond motifs is 1. The topological polar surface area (TPSA) is 15.3 Å². The largest absolute Gasteiger partial charge is 0.308 e. The van der Waals surface area contributed by atoms with Gasteiger partial charge in [-0.3, -0.25) is 4.90 Å². The monoisotopic (exact) mass is 240 g/mol. The van der Waals surface area contributed by atoms with Gasteiger partial charge in [0.1, 0.15) is 0 Å². The summed E-state index contributed by atoms with van der Waals surface area (Å²) in [6, 6.07) is 2.45. The maximum atomic E-state index is 3.96. The Hall–Kier alpha value is 0.270. The molecule has 3 aliphatic heterocycles. The maximum Gasteiger partial charge on any atom is 0.0249 e. The first-order valence-corrected chi connectivity index (χ1v) is 8.01. The molecule has 4 atom stereocenters. The second kappa shape index (κ2) is 4.87. The Morgan fingerprint density at radius 3 is 2.81 bits per heavy atom. The van der Waals surface area contributed by atoms with E-state index in [0.717, 1.165) is 23.4 Å². The number of nitrogens with one attached hydrogen (secondary N) is 1. The quantitative estimate of drug-likeness (QED) is 0.796. The summed E-state index contributed by atoms with van der Waals surface area (Å²) in [7, 11) is 0. The Bertz CT molecular complexity index is 246. The van der Waals surface area contributed by atoms with E-state index in [-0.39, 0.29) is 0 Å². The third-order valence-corrected chi connectivity index (χ3v) is 5.99. The SMILES string of the molecule is CC1SCCC1NC1CCN2CCCCC12. The van der Waals surface area contributed by atoms with Gasteiger partial charge < -0.3 is 5.32 Å². The molecule has 3 aliphatic rings. The highest BCUT2D eigenvalue weighted by molar-refractivity contribution is 8.00. The summed E-state index contributed by atoms with van der Waals surface area (Å²) in [6.07, 6.45) is 7.09. The maximum absolute atomic E-state index is 3.96. The van der Waals surface area contributed by atoms with Crippen LogP contribution in [0.25, 0.3) is 0 Å². The van der Waals surface area contributed by atoms with Gasteiger partial charge in [-0.2, -0.15) is 11.8 Å². The molecular weight excluding hydrogens is 216 g/mol. The minimum absolute atomic E-state index is 0.789. The Kier molecular flexibility index (Phi) is 3.46. The molecule has 3 fully saturated rings. The number of thioether (sulfide) groups is 1. The second-order valence-corrected chi connectivity index (χ2v) is 7.12. The molecule has 1 N–H and O–H groups in total. The van der Waals surface area contributed by atoms with Gasteiger partial charge in [-0.15, -0.1) is 0 Å². The summed E-state index contributed by atoms with van der Waals surface area (Å²) in [6.45, 7) is 5.09. The molecule has 3 rings (SSSR count). The zero-order valence-corrected chi connectivity index (χ0v) is 11.1. The molecule has 4 unspecified atom stereocenters. The summed E-state index contributed by atoms with van der Waals surface area (Å²) in [5.41, 5.74) is 0. The van der Waals surface area contributed by atoms with Crippen molar-refractivity contribution in [2.24, 2.45) is 0 Å². The van der Waals surface area contributed by atoms with Crippen molar-refractivity contribution in [3.63, 3.8) is 0 Å². The third-order valence-electron chi connectivity index (χ3n) is 4.66. The van der Waals surface area contributed by atoms with Gasteiger partial charge in [0.2, 0.25) is 0 Å². The van der Waals surface area contributed by atoms with Gasteiger partial charge >= 0.3 is 0 Å². The Morgan fingerprint density at radius 1 is 1.06 bits per heavy atom. The van der Waals surface area contributed by atoms with E-state index in [2.05, 4.69) is 28.9 Å². The molecule has 0 radical (unpaired) electrons. The lowest BCUT2D eigenvalue weighted by Gasteiger charge is -2.34. The first kappa shape index (κ1) is 11.4. The zero-order valence-electron chi connectivity index (χ0n) is 10.3. The van der Waals surface area contributed by atoms with Crippen molar-refractivity contribution in [2.45, 2.75) is 62.4 Å². The van der Waals surface area contributed by atoms with E-state index in [1.165, 1.54) is 50.9 Å². The zero-order chi connectivity index (χ0) is 11.0. The minimum Gasteiger partial charge on any atom is -0.308 e. The summed E-state index contributed by atoms with van der Waals surface area (Å²) < 4.78 is 0. The van der Waals surface area contributed by atoms with Crippen molar-refractivity contribution in [2.75, 3.05) is 18.8 Å². The van der Waals surface area contributed by atoms with E-state index in [1.54, 1.807) is 0 Å². The molecule has 0 spiro atoms. The highest BCUT2D eigenvalue weighted by Gasteiger charge is 2.37. The first-order valence-electron chi connectivity index (χ1n) is 6.96. The number of nitrogens with zero attached hydrogens (tertiary/aromatic N) is 1. The van der Waals surface area contributed by atoms with Crippen LogP contribution in [-0.4, -0.2) is 47.1 Å². The third kappa shape index (κ3) is 2.14. The van der Waals surface area contributed by atoms with Crippen LogP contribution in [0.3, 0.4) is 0 Å². The number of hydrogen-bond acceptors (Lipinski definition) is 3. The first-order chi connectivity index (χ1) is 7.84. The van der Waals surface area contributed by atoms with E-state index in [0.29, 0.717) is 0 Å². The summed E-state index contributed by atoms with van der Waals surface area (Å²) in [4.78, 5) is 2.73. The Morgan fingerprint density at radius 2 is 2.00 bits per heavy atom. The highest BCUT2D eigenvalue weighted by atomic mass is 32.2. The van der Waals surface area contributed by atoms with Crippen LogP contribution < -0.4 is 5.32 Å². The molecule has 2 nitrogen and oxygen atoms in total. The van der Waals surface area contributed by atoms with Crippen LogP contribution in [0.1, 0.15) is 39.0 Å². The van der Waals surface area contributed by atoms with Gasteiger partial charge in [0.05, 0.1) is 0 Å². The minimum atomic E-state index is 0.789. The standard InChI is InChI=1S/C13H24N2S/c1-10-11(6-9-16-10)14-12-5-8-15-7-3-2-4-13(12)15/h10-14H,2-9H2,1H3. The van der Waals surface area contributed by atoms with Crippen molar-refractivity contribution in [1.82, 2.24) is 10.2 Å². The molecule has 0 bridgehead atoms. The fourth-order valence-corrected chi connectivity index (χ4v) is 4.88. The van der Waals surface area contributed by atoms with Crippen LogP contribution in [0.5, 0.6) is 0 Å². The van der Waals surface area contributed by atoms with Crippen molar-refractivity contribution in [3.05, 3.63) is 0 Å². The van der Waals surface area contributed by atoms with Crippen LogP contribution >= 0.6 is 11.8 Å². The average molecular weight is 240 g/mol. The van der Waals surface area contributed by atoms with Crippen LogP contribution in [0.4, 0.5) is 0 Å². The van der Waals surface area contributed by atoms with Crippen molar-refractivity contribution >= 4 is 11.8 Å². The fourth-order valence-electron chi connectivity index (χ4n) is 3.67. The average Bonchev–Trinajstić information content (AvgIpc) is 2.88. The van der Waals surface area contributed by atoms with Crippen LogP contribution in [0.15, 0.2) is 0 Å². The number of rotatable bonds is 2. The molecule has 0 amide bonds. The molecule has 16 heavy (non-hydrogen) atoms. The second-order valence-electron chi connectivity index (χ2n) is 5.63. The lowest BCUT2D eigenvalue weighted by Crippen LogP contribution is -2.49. The van der Waals surface area contributed by atoms with Gasteiger partial charge in [0.15, 0.2) is 0 Å². The van der Waals surface area contributed by atoms with E-state index in [1.807, 2.05) is 0 Å². The van der Waals surface area contributed by atoms with Crippen LogP contribution in [0.2, 0.25) is 0 Å². The smallest absolute Gasteiger partial charge is 0.0249 e. The predicted octanol–water partition coefficient (Wildman–Crippen LogP) is 2.10. The normalized spacial score (nSPS) is 44.8. The van der Waals surface area contributed by atoms with E-state index >= 15 is 0 Å². The molecular formula is C13H24N2S.